The van der Waals surface area contributed by atoms with E-state index in [2.05, 4.69) is 10.4 Å². The molecule has 1 aromatic rings. The number of amides is 2. The van der Waals surface area contributed by atoms with Gasteiger partial charge in [-0.3, -0.25) is 9.59 Å². The summed E-state index contributed by atoms with van der Waals surface area (Å²) in [6.45, 7) is 0. The highest BCUT2D eigenvalue weighted by molar-refractivity contribution is 7.91. The smallest absolute Gasteiger partial charge is 0.271 e. The third kappa shape index (κ3) is 3.61. The van der Waals surface area contributed by atoms with Gasteiger partial charge in [0.2, 0.25) is 5.91 Å². The van der Waals surface area contributed by atoms with E-state index in [9.17, 15) is 22.4 Å². The lowest BCUT2D eigenvalue weighted by Gasteiger charge is -2.27. The van der Waals surface area contributed by atoms with Crippen molar-refractivity contribution in [3.05, 3.63) is 30.1 Å². The van der Waals surface area contributed by atoms with E-state index in [0.717, 1.165) is 5.01 Å². The van der Waals surface area contributed by atoms with Crippen LogP contribution in [0.25, 0.3) is 0 Å². The van der Waals surface area contributed by atoms with E-state index in [0.29, 0.717) is 6.42 Å². The molecule has 1 aromatic carbocycles. The van der Waals surface area contributed by atoms with Crippen molar-refractivity contribution in [1.82, 2.24) is 5.01 Å². The van der Waals surface area contributed by atoms with Gasteiger partial charge in [-0.2, -0.15) is 5.10 Å². The van der Waals surface area contributed by atoms with E-state index in [4.69, 9.17) is 0 Å². The second-order valence-electron chi connectivity index (χ2n) is 5.81. The molecule has 2 aliphatic rings. The lowest BCUT2D eigenvalue weighted by molar-refractivity contribution is -0.133. The molecule has 1 N–H and O–H groups in total. The van der Waals surface area contributed by atoms with Gasteiger partial charge in [0, 0.05) is 18.5 Å². The fourth-order valence-electron chi connectivity index (χ4n) is 2.76. The van der Waals surface area contributed by atoms with E-state index in [-0.39, 0.29) is 41.7 Å². The largest absolute Gasteiger partial charge is 0.321 e. The molecular formula is C15H16FN3O4S. The maximum Gasteiger partial charge on any atom is 0.271 e. The Balaban J connectivity index is 1.76. The molecule has 0 radical (unpaired) electrons. The van der Waals surface area contributed by atoms with Gasteiger partial charge in [0.1, 0.15) is 11.5 Å². The number of nitrogens with one attached hydrogen (secondary N) is 1. The van der Waals surface area contributed by atoms with Crippen LogP contribution in [0, 0.1) is 5.82 Å². The molecule has 2 heterocycles. The molecule has 0 bridgehead atoms. The summed E-state index contributed by atoms with van der Waals surface area (Å²) in [4.78, 5) is 24.3. The number of anilines is 1. The number of rotatable bonds is 3. The van der Waals surface area contributed by atoms with Crippen LogP contribution < -0.4 is 5.32 Å². The first-order valence-electron chi connectivity index (χ1n) is 7.51. The standard InChI is InChI=1S/C15H16FN3O4S/c16-10-2-1-3-11(8-10)17-15(21)13-4-5-14(20)19(18-13)12-6-7-24(22,23)9-12/h1-3,8,12H,4-7,9H2,(H,17,21). The molecule has 2 amide bonds. The summed E-state index contributed by atoms with van der Waals surface area (Å²) in [5.41, 5.74) is 0.415. The Kier molecular flexibility index (Phi) is 4.35. The fourth-order valence-corrected chi connectivity index (χ4v) is 4.45. The highest BCUT2D eigenvalue weighted by atomic mass is 32.2. The Morgan fingerprint density at radius 1 is 1.33 bits per heavy atom. The van der Waals surface area contributed by atoms with Gasteiger partial charge in [0.25, 0.3) is 5.91 Å². The molecule has 24 heavy (non-hydrogen) atoms. The van der Waals surface area contributed by atoms with E-state index in [1.54, 1.807) is 0 Å². The first kappa shape index (κ1) is 16.6. The SMILES string of the molecule is O=C(Nc1cccc(F)c1)C1=NN(C2CCS(=O)(=O)C2)C(=O)CC1. The number of hydrogen-bond donors (Lipinski definition) is 1. The second kappa shape index (κ2) is 6.31. The summed E-state index contributed by atoms with van der Waals surface area (Å²) in [6.07, 6.45) is 0.568. The molecule has 2 aliphatic heterocycles. The van der Waals surface area contributed by atoms with E-state index < -0.39 is 27.6 Å². The molecule has 1 unspecified atom stereocenters. The van der Waals surface area contributed by atoms with Gasteiger partial charge in [-0.05, 0) is 24.6 Å². The number of hydrazone groups is 1. The topological polar surface area (TPSA) is 95.9 Å². The first-order chi connectivity index (χ1) is 11.3. The van der Waals surface area contributed by atoms with Crippen molar-refractivity contribution in [2.75, 3.05) is 16.8 Å². The van der Waals surface area contributed by atoms with E-state index in [1.807, 2.05) is 0 Å². The number of carbonyl (C=O) groups is 2. The van der Waals surface area contributed by atoms with Crippen molar-refractivity contribution in [2.24, 2.45) is 5.10 Å². The Labute approximate surface area is 138 Å². The molecule has 1 atom stereocenters. The summed E-state index contributed by atoms with van der Waals surface area (Å²) >= 11 is 0. The van der Waals surface area contributed by atoms with E-state index in [1.165, 1.54) is 24.3 Å². The van der Waals surface area contributed by atoms with Crippen LogP contribution in [0.1, 0.15) is 19.3 Å². The van der Waals surface area contributed by atoms with Crippen LogP contribution in [0.4, 0.5) is 10.1 Å². The highest BCUT2D eigenvalue weighted by Gasteiger charge is 2.37. The Morgan fingerprint density at radius 3 is 2.79 bits per heavy atom. The number of benzene rings is 1. The number of halogens is 1. The normalized spacial score (nSPS) is 23.0. The van der Waals surface area contributed by atoms with Gasteiger partial charge >= 0.3 is 0 Å². The summed E-state index contributed by atoms with van der Waals surface area (Å²) < 4.78 is 36.3. The molecule has 9 heteroatoms. The Morgan fingerprint density at radius 2 is 2.12 bits per heavy atom. The molecule has 0 spiro atoms. The second-order valence-corrected chi connectivity index (χ2v) is 8.04. The van der Waals surface area contributed by atoms with Gasteiger partial charge in [-0.25, -0.2) is 17.8 Å². The van der Waals surface area contributed by atoms with E-state index >= 15 is 0 Å². The number of hydrogen-bond acceptors (Lipinski definition) is 5. The zero-order valence-corrected chi connectivity index (χ0v) is 13.6. The molecule has 1 saturated heterocycles. The third-order valence-corrected chi connectivity index (χ3v) is 5.71. The third-order valence-electron chi connectivity index (χ3n) is 3.96. The van der Waals surface area contributed by atoms with Gasteiger partial charge in [0.05, 0.1) is 17.5 Å². The van der Waals surface area contributed by atoms with Gasteiger partial charge in [0.15, 0.2) is 9.84 Å². The van der Waals surface area contributed by atoms with Crippen LogP contribution in [0.15, 0.2) is 29.4 Å². The van der Waals surface area contributed by atoms with Crippen LogP contribution in [-0.4, -0.2) is 48.5 Å². The minimum Gasteiger partial charge on any atom is -0.321 e. The minimum absolute atomic E-state index is 0.0157. The molecule has 128 valence electrons. The lowest BCUT2D eigenvalue weighted by Crippen LogP contribution is -2.42. The summed E-state index contributed by atoms with van der Waals surface area (Å²) in [5, 5.41) is 7.71. The molecule has 0 aliphatic carbocycles. The summed E-state index contributed by atoms with van der Waals surface area (Å²) in [5.74, 6) is -1.42. The predicted molar refractivity (Wildman–Crippen MR) is 85.6 cm³/mol. The average molecular weight is 353 g/mol. The van der Waals surface area contributed by atoms with Crippen molar-refractivity contribution in [3.8, 4) is 0 Å². The minimum atomic E-state index is -3.16. The van der Waals surface area contributed by atoms with Gasteiger partial charge in [-0.1, -0.05) is 6.07 Å². The average Bonchev–Trinajstić information content (AvgIpc) is 2.87. The van der Waals surface area contributed by atoms with Crippen LogP contribution in [0.5, 0.6) is 0 Å². The Bertz CT molecular complexity index is 822. The highest BCUT2D eigenvalue weighted by Crippen LogP contribution is 2.22. The first-order valence-corrected chi connectivity index (χ1v) is 9.33. The molecule has 1 fully saturated rings. The van der Waals surface area contributed by atoms with Crippen LogP contribution in [-0.2, 0) is 19.4 Å². The van der Waals surface area contributed by atoms with Gasteiger partial charge < -0.3 is 5.32 Å². The van der Waals surface area contributed by atoms with Crippen molar-refractivity contribution in [1.29, 1.82) is 0 Å². The lowest BCUT2D eigenvalue weighted by atomic mass is 10.1. The fraction of sp³-hybridized carbons (Fsp3) is 0.400. The van der Waals surface area contributed by atoms with Crippen molar-refractivity contribution in [3.63, 3.8) is 0 Å². The summed E-state index contributed by atoms with van der Waals surface area (Å²) in [7, 11) is -3.16. The Hall–Kier alpha value is -2.29. The van der Waals surface area contributed by atoms with Crippen molar-refractivity contribution in [2.45, 2.75) is 25.3 Å². The van der Waals surface area contributed by atoms with Crippen LogP contribution >= 0.6 is 0 Å². The maximum absolute atomic E-state index is 13.2. The molecule has 0 saturated carbocycles. The summed E-state index contributed by atoms with van der Waals surface area (Å²) in [6, 6.07) is 4.91. The molecule has 3 rings (SSSR count). The zero-order chi connectivity index (χ0) is 17.3. The number of carbonyl (C=O) groups excluding carboxylic acids is 2. The number of nitrogens with zero attached hydrogens (tertiary/aromatic N) is 2. The predicted octanol–water partition coefficient (Wildman–Crippen LogP) is 0.930. The number of sulfone groups is 1. The maximum atomic E-state index is 13.2. The van der Waals surface area contributed by atoms with Crippen LogP contribution in [0.2, 0.25) is 0 Å². The monoisotopic (exact) mass is 353 g/mol. The molecular weight excluding hydrogens is 337 g/mol. The van der Waals surface area contributed by atoms with Gasteiger partial charge in [-0.15, -0.1) is 0 Å². The van der Waals surface area contributed by atoms with Crippen molar-refractivity contribution < 1.29 is 22.4 Å². The van der Waals surface area contributed by atoms with Crippen molar-refractivity contribution >= 4 is 33.1 Å². The molecule has 7 nitrogen and oxygen atoms in total. The zero-order valence-electron chi connectivity index (χ0n) is 12.7. The molecule has 0 aromatic heterocycles. The van der Waals surface area contributed by atoms with Crippen LogP contribution in [0.3, 0.4) is 0 Å². The quantitative estimate of drug-likeness (QED) is 0.874.